The van der Waals surface area contributed by atoms with Gasteiger partial charge in [-0.3, -0.25) is 0 Å². The number of rotatable bonds is 4. The molecule has 0 spiro atoms. The first kappa shape index (κ1) is 16.8. The Kier molecular flexibility index (Phi) is 4.30. The second kappa shape index (κ2) is 6.92. The van der Waals surface area contributed by atoms with Gasteiger partial charge in [0.05, 0.1) is 12.8 Å². The van der Waals surface area contributed by atoms with Crippen molar-refractivity contribution in [2.24, 2.45) is 5.18 Å². The molecule has 2 heterocycles. The van der Waals surface area contributed by atoms with E-state index in [4.69, 9.17) is 9.72 Å². The average Bonchev–Trinajstić information content (AvgIpc) is 2.73. The number of pyridine rings is 1. The fraction of sp³-hybridized carbons (Fsp3) is 0.0952. The van der Waals surface area contributed by atoms with E-state index in [1.807, 2.05) is 55.5 Å². The predicted octanol–water partition coefficient (Wildman–Crippen LogP) is 4.49. The molecule has 0 aliphatic rings. The third-order valence-corrected chi connectivity index (χ3v) is 4.40. The molecule has 0 bridgehead atoms. The number of ether oxygens (including phenoxy) is 1. The molecule has 132 valence electrons. The number of aryl methyl sites for hydroxylation is 1. The molecular formula is C21H17N4O2+. The van der Waals surface area contributed by atoms with E-state index in [1.165, 1.54) is 7.11 Å². The summed E-state index contributed by atoms with van der Waals surface area (Å²) in [5.41, 5.74) is 4.58. The maximum Gasteiger partial charge on any atom is 0.350 e. The third kappa shape index (κ3) is 3.01. The van der Waals surface area contributed by atoms with Gasteiger partial charge in [0.25, 0.3) is 5.88 Å². The quantitative estimate of drug-likeness (QED) is 0.504. The number of benzene rings is 2. The molecule has 2 aromatic heterocycles. The van der Waals surface area contributed by atoms with Crippen LogP contribution in [0, 0.1) is 11.8 Å². The summed E-state index contributed by atoms with van der Waals surface area (Å²) >= 11 is 0. The van der Waals surface area contributed by atoms with Gasteiger partial charge in [-0.25, -0.2) is 9.97 Å². The lowest BCUT2D eigenvalue weighted by atomic mass is 10.1. The van der Waals surface area contributed by atoms with E-state index >= 15 is 0 Å². The van der Waals surface area contributed by atoms with Crippen molar-refractivity contribution in [1.82, 2.24) is 9.97 Å². The first-order chi connectivity index (χ1) is 13.2. The molecule has 0 unspecified atom stereocenters. The highest BCUT2D eigenvalue weighted by molar-refractivity contribution is 5.93. The van der Waals surface area contributed by atoms with E-state index in [0.717, 1.165) is 16.8 Å². The first-order valence-corrected chi connectivity index (χ1v) is 8.48. The summed E-state index contributed by atoms with van der Waals surface area (Å²) in [5.74, 6) is 0.980. The van der Waals surface area contributed by atoms with Gasteiger partial charge >= 0.3 is 5.82 Å². The van der Waals surface area contributed by atoms with E-state index in [-0.39, 0.29) is 5.69 Å². The number of nitrogens with one attached hydrogen (secondary N) is 1. The molecule has 4 rings (SSSR count). The largest absolute Gasteiger partial charge is 0.465 e. The molecule has 0 aliphatic heterocycles. The minimum Gasteiger partial charge on any atom is -0.465 e. The number of nitroso groups, excluding NO2 is 1. The van der Waals surface area contributed by atoms with Gasteiger partial charge < -0.3 is 4.74 Å². The van der Waals surface area contributed by atoms with Crippen LogP contribution in [0.1, 0.15) is 5.56 Å². The van der Waals surface area contributed by atoms with Crippen LogP contribution in [-0.2, 0) is 0 Å². The maximum atomic E-state index is 11.1. The van der Waals surface area contributed by atoms with Gasteiger partial charge in [0.15, 0.2) is 11.2 Å². The predicted molar refractivity (Wildman–Crippen MR) is 104 cm³/mol. The number of nitrogens with zero attached hydrogens (tertiary/aromatic N) is 3. The SMILES string of the molecule is COc1[nH+]c(-c2ccc(C)c(-c3ccccc3)n2)nc2cccc(N=O)c12. The molecule has 4 aromatic rings. The molecule has 0 atom stereocenters. The van der Waals surface area contributed by atoms with Crippen LogP contribution in [0.4, 0.5) is 5.69 Å². The number of hydrogen-bond donors (Lipinski definition) is 0. The van der Waals surface area contributed by atoms with Crippen LogP contribution in [0.5, 0.6) is 5.88 Å². The van der Waals surface area contributed by atoms with Crippen molar-refractivity contribution in [3.63, 3.8) is 0 Å². The summed E-state index contributed by atoms with van der Waals surface area (Å²) in [6, 6.07) is 19.1. The summed E-state index contributed by atoms with van der Waals surface area (Å²) in [7, 11) is 1.54. The van der Waals surface area contributed by atoms with E-state index in [2.05, 4.69) is 15.1 Å². The van der Waals surface area contributed by atoms with E-state index in [9.17, 15) is 4.91 Å². The molecule has 0 amide bonds. The Morgan fingerprint density at radius 1 is 0.963 bits per heavy atom. The summed E-state index contributed by atoms with van der Waals surface area (Å²) in [5, 5.41) is 3.62. The van der Waals surface area contributed by atoms with Gasteiger partial charge in [-0.1, -0.05) is 42.5 Å². The summed E-state index contributed by atoms with van der Waals surface area (Å²) in [4.78, 5) is 23.7. The van der Waals surface area contributed by atoms with Crippen molar-refractivity contribution in [2.45, 2.75) is 6.92 Å². The molecule has 6 heteroatoms. The number of methoxy groups -OCH3 is 1. The van der Waals surface area contributed by atoms with Crippen LogP contribution < -0.4 is 9.72 Å². The number of H-pyrrole nitrogens is 1. The Labute approximate surface area is 155 Å². The molecule has 27 heavy (non-hydrogen) atoms. The molecule has 0 saturated heterocycles. The van der Waals surface area contributed by atoms with Gasteiger partial charge in [-0.15, -0.1) is 4.91 Å². The lowest BCUT2D eigenvalue weighted by molar-refractivity contribution is -0.381. The molecule has 2 aromatic carbocycles. The van der Waals surface area contributed by atoms with Crippen LogP contribution in [0.3, 0.4) is 0 Å². The average molecular weight is 357 g/mol. The lowest BCUT2D eigenvalue weighted by Crippen LogP contribution is -2.15. The topological polar surface area (TPSA) is 78.6 Å². The van der Waals surface area contributed by atoms with Crippen LogP contribution in [0.15, 0.2) is 65.8 Å². The van der Waals surface area contributed by atoms with Crippen molar-refractivity contribution in [2.75, 3.05) is 7.11 Å². The zero-order valence-corrected chi connectivity index (χ0v) is 14.9. The van der Waals surface area contributed by atoms with E-state index in [1.54, 1.807) is 12.1 Å². The van der Waals surface area contributed by atoms with Gasteiger partial charge in [0.1, 0.15) is 11.1 Å². The van der Waals surface area contributed by atoms with Gasteiger partial charge in [-0.2, -0.15) is 0 Å². The van der Waals surface area contributed by atoms with Crippen LogP contribution >= 0.6 is 0 Å². The van der Waals surface area contributed by atoms with Gasteiger partial charge in [0.2, 0.25) is 0 Å². The number of fused-ring (bicyclic) bond motifs is 1. The number of aromatic nitrogens is 3. The van der Waals surface area contributed by atoms with Gasteiger partial charge in [0, 0.05) is 5.56 Å². The van der Waals surface area contributed by atoms with Gasteiger partial charge in [-0.05, 0) is 40.8 Å². The summed E-state index contributed by atoms with van der Waals surface area (Å²) in [6.07, 6.45) is 0. The second-order valence-corrected chi connectivity index (χ2v) is 6.11. The molecule has 6 nitrogen and oxygen atoms in total. The zero-order chi connectivity index (χ0) is 18.8. The second-order valence-electron chi connectivity index (χ2n) is 6.11. The van der Waals surface area contributed by atoms with Crippen molar-refractivity contribution in [3.8, 4) is 28.7 Å². The lowest BCUT2D eigenvalue weighted by Gasteiger charge is -2.07. The summed E-state index contributed by atoms with van der Waals surface area (Å²) in [6.45, 7) is 2.03. The smallest absolute Gasteiger partial charge is 0.350 e. The Morgan fingerprint density at radius 2 is 1.78 bits per heavy atom. The highest BCUT2D eigenvalue weighted by Gasteiger charge is 2.22. The van der Waals surface area contributed by atoms with Crippen molar-refractivity contribution >= 4 is 16.6 Å². The number of hydrogen-bond acceptors (Lipinski definition) is 5. The summed E-state index contributed by atoms with van der Waals surface area (Å²) < 4.78 is 5.45. The Bertz CT molecular complexity index is 1140. The minimum absolute atomic E-state index is 0.279. The van der Waals surface area contributed by atoms with Crippen LogP contribution in [-0.4, -0.2) is 17.1 Å². The monoisotopic (exact) mass is 357 g/mol. The van der Waals surface area contributed by atoms with Crippen LogP contribution in [0.2, 0.25) is 0 Å². The van der Waals surface area contributed by atoms with Crippen molar-refractivity contribution < 1.29 is 9.72 Å². The van der Waals surface area contributed by atoms with Crippen LogP contribution in [0.25, 0.3) is 33.7 Å². The number of aromatic amines is 1. The zero-order valence-electron chi connectivity index (χ0n) is 14.9. The Hall–Kier alpha value is -3.67. The molecule has 0 aliphatic carbocycles. The fourth-order valence-electron chi connectivity index (χ4n) is 3.07. The molecular weight excluding hydrogens is 340 g/mol. The Balaban J connectivity index is 1.92. The van der Waals surface area contributed by atoms with E-state index < -0.39 is 0 Å². The fourth-order valence-corrected chi connectivity index (χ4v) is 3.07. The first-order valence-electron chi connectivity index (χ1n) is 8.48. The normalized spacial score (nSPS) is 10.7. The van der Waals surface area contributed by atoms with Crippen molar-refractivity contribution in [3.05, 3.63) is 71.1 Å². The highest BCUT2D eigenvalue weighted by atomic mass is 16.5. The third-order valence-electron chi connectivity index (χ3n) is 4.40. The van der Waals surface area contributed by atoms with E-state index in [0.29, 0.717) is 28.3 Å². The van der Waals surface area contributed by atoms with Crippen molar-refractivity contribution in [1.29, 1.82) is 0 Å². The molecule has 0 radical (unpaired) electrons. The molecule has 0 saturated carbocycles. The maximum absolute atomic E-state index is 11.1. The minimum atomic E-state index is 0.279. The Morgan fingerprint density at radius 3 is 2.52 bits per heavy atom. The highest BCUT2D eigenvalue weighted by Crippen LogP contribution is 2.31. The molecule has 0 fully saturated rings. The molecule has 1 N–H and O–H groups in total. The standard InChI is InChI=1S/C21H16N4O2/c1-13-11-12-17(22-19(13)14-7-4-3-5-8-14)20-23-15-9-6-10-16(25-26)18(15)21(24-20)27-2/h3-12H,1-2H3/p+1.